The van der Waals surface area contributed by atoms with Gasteiger partial charge >= 0.3 is 0 Å². The summed E-state index contributed by atoms with van der Waals surface area (Å²) in [7, 11) is 0. The quantitative estimate of drug-likeness (QED) is 0.523. The molecular formula is C10H10Cl8. The molecular weight excluding hydrogens is 404 g/mol. The van der Waals surface area contributed by atoms with Crippen LogP contribution in [0.5, 0.6) is 0 Å². The summed E-state index contributed by atoms with van der Waals surface area (Å²) in [5.74, 6) is 0.321. The Hall–Kier alpha value is 2.32. The van der Waals surface area contributed by atoms with E-state index in [9.17, 15) is 0 Å². The molecule has 4 unspecified atom stereocenters. The Morgan fingerprint density at radius 1 is 1.06 bits per heavy atom. The van der Waals surface area contributed by atoms with Gasteiger partial charge in [0, 0.05) is 17.2 Å². The Labute approximate surface area is 146 Å². The van der Waals surface area contributed by atoms with E-state index in [4.69, 9.17) is 92.8 Å². The van der Waals surface area contributed by atoms with E-state index in [1.165, 1.54) is 0 Å². The third-order valence-electron chi connectivity index (χ3n) is 4.54. The molecule has 0 heterocycles. The molecule has 106 valence electrons. The molecule has 0 aliphatic heterocycles. The van der Waals surface area contributed by atoms with Crippen molar-refractivity contribution in [1.29, 1.82) is 0 Å². The predicted molar refractivity (Wildman–Crippen MR) is 83.6 cm³/mol. The van der Waals surface area contributed by atoms with Gasteiger partial charge in [0.2, 0.25) is 0 Å². The van der Waals surface area contributed by atoms with Crippen molar-refractivity contribution in [3.05, 3.63) is 0 Å². The molecule has 0 aromatic carbocycles. The number of halogens is 8. The van der Waals surface area contributed by atoms with Crippen molar-refractivity contribution in [3.63, 3.8) is 0 Å². The van der Waals surface area contributed by atoms with Crippen molar-refractivity contribution < 1.29 is 0 Å². The maximum Gasteiger partial charge on any atom is 0.128 e. The highest BCUT2D eigenvalue weighted by Crippen LogP contribution is 2.78. The molecule has 0 N–H and O–H groups in total. The van der Waals surface area contributed by atoms with Crippen LogP contribution < -0.4 is 0 Å². The first-order chi connectivity index (χ1) is 8.23. The molecule has 0 radical (unpaired) electrons. The van der Waals surface area contributed by atoms with Crippen molar-refractivity contribution in [2.45, 2.75) is 26.3 Å². The van der Waals surface area contributed by atoms with Crippen molar-refractivity contribution in [2.24, 2.45) is 16.7 Å². The number of hydrogen-bond donors (Lipinski definition) is 0. The van der Waals surface area contributed by atoms with Crippen molar-refractivity contribution in [1.82, 2.24) is 0 Å². The van der Waals surface area contributed by atoms with Gasteiger partial charge in [-0.1, -0.05) is 0 Å². The number of fused-ring (bicyclic) bond motifs is 2. The van der Waals surface area contributed by atoms with E-state index < -0.39 is 25.4 Å². The van der Waals surface area contributed by atoms with E-state index in [-0.39, 0.29) is 23.1 Å². The minimum absolute atomic E-state index is 0.105. The third kappa shape index (κ3) is 1.67. The van der Waals surface area contributed by atoms with Crippen LogP contribution in [0, 0.1) is 16.7 Å². The summed E-state index contributed by atoms with van der Waals surface area (Å²) in [4.78, 5) is -0.902. The Bertz CT molecular complexity index is 339. The Balaban J connectivity index is 2.69. The lowest BCUT2D eigenvalue weighted by Gasteiger charge is -2.49. The van der Waals surface area contributed by atoms with Gasteiger partial charge < -0.3 is 0 Å². The summed E-state index contributed by atoms with van der Waals surface area (Å²) < 4.78 is -1.19. The smallest absolute Gasteiger partial charge is 0.126 e. The second-order valence-electron chi connectivity index (χ2n) is 4.95. The van der Waals surface area contributed by atoms with Gasteiger partial charge in [0.15, 0.2) is 0 Å². The van der Waals surface area contributed by atoms with E-state index in [1.54, 1.807) is 0 Å². The molecule has 4 atom stereocenters. The fourth-order valence-corrected chi connectivity index (χ4v) is 8.68. The van der Waals surface area contributed by atoms with Gasteiger partial charge in [-0.2, -0.15) is 0 Å². The molecule has 0 spiro atoms. The first-order valence-electron chi connectivity index (χ1n) is 5.29. The van der Waals surface area contributed by atoms with Crippen LogP contribution in [0.3, 0.4) is 0 Å². The van der Waals surface area contributed by atoms with E-state index in [0.717, 1.165) is 0 Å². The van der Waals surface area contributed by atoms with Gasteiger partial charge in [-0.3, -0.25) is 0 Å². The second-order valence-corrected chi connectivity index (χ2v) is 9.04. The van der Waals surface area contributed by atoms with Crippen LogP contribution in [0.4, 0.5) is 0 Å². The minimum atomic E-state index is -1.19. The minimum Gasteiger partial charge on any atom is -0.126 e. The number of rotatable bonds is 3. The average Bonchev–Trinajstić information content (AvgIpc) is 2.61. The standard InChI is InChI=1S/C10H10Cl8/c11-2-8(3-12)4-1-9(17,18)10(8,7(15)16)6(14)5(4)13/h4-7H,1-3H2. The van der Waals surface area contributed by atoms with Crippen LogP contribution in [0.1, 0.15) is 6.42 Å². The molecule has 0 amide bonds. The van der Waals surface area contributed by atoms with Crippen molar-refractivity contribution >= 4 is 92.8 Å². The highest BCUT2D eigenvalue weighted by molar-refractivity contribution is 6.54. The molecule has 2 aliphatic carbocycles. The maximum absolute atomic E-state index is 6.45. The van der Waals surface area contributed by atoms with Gasteiger partial charge in [-0.25, -0.2) is 0 Å². The lowest BCUT2D eigenvalue weighted by Crippen LogP contribution is -2.56. The van der Waals surface area contributed by atoms with E-state index in [2.05, 4.69) is 0 Å². The molecule has 0 aromatic heterocycles. The normalized spacial score (nSPS) is 44.8. The van der Waals surface area contributed by atoms with Gasteiger partial charge in [-0.05, 0) is 12.3 Å². The number of alkyl halides is 8. The van der Waals surface area contributed by atoms with Gasteiger partial charge in [-0.15, -0.1) is 92.8 Å². The van der Waals surface area contributed by atoms with Crippen LogP contribution in [0.2, 0.25) is 0 Å². The first-order valence-corrected chi connectivity index (χ1v) is 8.86. The van der Waals surface area contributed by atoms with Crippen molar-refractivity contribution in [2.75, 3.05) is 11.8 Å². The van der Waals surface area contributed by atoms with Gasteiger partial charge in [0.05, 0.1) is 16.2 Å². The molecule has 0 aromatic rings. The molecule has 2 fully saturated rings. The molecule has 2 aliphatic rings. The molecule has 0 nitrogen and oxygen atoms in total. The molecule has 0 saturated heterocycles. The lowest BCUT2D eigenvalue weighted by molar-refractivity contribution is 0.148. The second kappa shape index (κ2) is 5.20. The Kier molecular flexibility index (Phi) is 4.82. The highest BCUT2D eigenvalue weighted by atomic mass is 35.5. The zero-order chi connectivity index (χ0) is 13.9. The monoisotopic (exact) mass is 410 g/mol. The Morgan fingerprint density at radius 3 is 1.89 bits per heavy atom. The topological polar surface area (TPSA) is 0 Å². The summed E-state index contributed by atoms with van der Waals surface area (Å²) in [6, 6.07) is 0. The van der Waals surface area contributed by atoms with Crippen LogP contribution in [-0.2, 0) is 0 Å². The zero-order valence-corrected chi connectivity index (χ0v) is 15.0. The zero-order valence-electron chi connectivity index (χ0n) is 8.95. The predicted octanol–water partition coefficient (Wildman–Crippen LogP) is 5.66. The summed E-state index contributed by atoms with van der Waals surface area (Å²) in [5, 5.41) is -0.930. The van der Waals surface area contributed by atoms with Gasteiger partial charge in [0.25, 0.3) is 0 Å². The fraction of sp³-hybridized carbons (Fsp3) is 1.00. The maximum atomic E-state index is 6.45. The third-order valence-corrected chi connectivity index (χ3v) is 8.41. The fourth-order valence-electron chi connectivity index (χ4n) is 3.61. The molecule has 2 rings (SSSR count). The number of hydrogen-bond acceptors (Lipinski definition) is 0. The van der Waals surface area contributed by atoms with Crippen molar-refractivity contribution in [3.8, 4) is 0 Å². The summed E-state index contributed by atoms with van der Waals surface area (Å²) in [6.45, 7) is 0. The van der Waals surface area contributed by atoms with E-state index >= 15 is 0 Å². The van der Waals surface area contributed by atoms with Crippen LogP contribution in [0.25, 0.3) is 0 Å². The summed E-state index contributed by atoms with van der Waals surface area (Å²) in [6.07, 6.45) is 0.433. The van der Waals surface area contributed by atoms with Crippen LogP contribution >= 0.6 is 92.8 Å². The largest absolute Gasteiger partial charge is 0.128 e. The van der Waals surface area contributed by atoms with E-state index in [1.807, 2.05) is 0 Å². The highest BCUT2D eigenvalue weighted by Gasteiger charge is 2.82. The van der Waals surface area contributed by atoms with Gasteiger partial charge in [0.1, 0.15) is 9.17 Å². The molecule has 8 heteroatoms. The van der Waals surface area contributed by atoms with Crippen LogP contribution in [0.15, 0.2) is 0 Å². The lowest BCUT2D eigenvalue weighted by atomic mass is 9.69. The van der Waals surface area contributed by atoms with Crippen LogP contribution in [-0.4, -0.2) is 31.7 Å². The molecule has 2 saturated carbocycles. The summed E-state index contributed by atoms with van der Waals surface area (Å²) >= 11 is 50.4. The molecule has 18 heavy (non-hydrogen) atoms. The SMILES string of the molecule is ClCC1(CCl)C2CC(Cl)(Cl)C1(C(Cl)Cl)C(Cl)C2Cl. The summed E-state index contributed by atoms with van der Waals surface area (Å²) in [5.41, 5.74) is -1.68. The average molecular weight is 414 g/mol. The Morgan fingerprint density at radius 2 is 1.56 bits per heavy atom. The van der Waals surface area contributed by atoms with E-state index in [0.29, 0.717) is 6.42 Å². The molecule has 2 bridgehead atoms. The first kappa shape index (κ1) is 16.7.